The summed E-state index contributed by atoms with van der Waals surface area (Å²) in [7, 11) is 0. The van der Waals surface area contributed by atoms with Gasteiger partial charge in [0.15, 0.2) is 0 Å². The molecule has 1 nitrogen and oxygen atoms in total. The highest BCUT2D eigenvalue weighted by Crippen LogP contribution is 2.41. The molecule has 0 amide bonds. The smallest absolute Gasteiger partial charge is 0.119 e. The fourth-order valence-electron chi connectivity index (χ4n) is 6.15. The second-order valence-electron chi connectivity index (χ2n) is 11.1. The maximum atomic E-state index is 5.90. The number of hydrogen-bond acceptors (Lipinski definition) is 1. The monoisotopic (exact) mass is 452 g/mol. The van der Waals surface area contributed by atoms with Crippen LogP contribution < -0.4 is 4.74 Å². The zero-order chi connectivity index (χ0) is 23.1. The largest absolute Gasteiger partial charge is 0.494 e. The average Bonchev–Trinajstić information content (AvgIpc) is 2.87. The Labute approximate surface area is 205 Å². The molecule has 186 valence electrons. The Bertz CT molecular complexity index is 650. The molecule has 0 saturated heterocycles. The molecule has 0 spiro atoms. The Hall–Kier alpha value is -1.24. The minimum absolute atomic E-state index is 0.855. The fraction of sp³-hybridized carbons (Fsp3) is 0.750. The van der Waals surface area contributed by atoms with Crippen LogP contribution in [0.2, 0.25) is 0 Å². The lowest BCUT2D eigenvalue weighted by atomic mass is 9.70. The maximum Gasteiger partial charge on any atom is 0.119 e. The second kappa shape index (κ2) is 15.6. The van der Waals surface area contributed by atoms with Gasteiger partial charge in [0.1, 0.15) is 5.75 Å². The Morgan fingerprint density at radius 3 is 2.12 bits per heavy atom. The molecule has 1 aromatic rings. The minimum Gasteiger partial charge on any atom is -0.494 e. The standard InChI is InChI=1S/C32H52O/c1-3-5-7-9-11-27-14-20-30(21-15-27)31-22-16-28(17-23-31)12-13-29-18-24-32(25-19-29)33-26-10-8-6-4-2/h16,18-19,24-25,27,30-31H,3-15,17,20-23,26H2,1-2H3. The highest BCUT2D eigenvalue weighted by molar-refractivity contribution is 5.28. The quantitative estimate of drug-likeness (QED) is 0.190. The molecule has 33 heavy (non-hydrogen) atoms. The van der Waals surface area contributed by atoms with E-state index in [1.54, 1.807) is 5.57 Å². The van der Waals surface area contributed by atoms with Crippen LogP contribution in [0.3, 0.4) is 0 Å². The summed E-state index contributed by atoms with van der Waals surface area (Å²) in [5.41, 5.74) is 3.17. The molecular formula is C32H52O. The van der Waals surface area contributed by atoms with Crippen molar-refractivity contribution in [2.24, 2.45) is 17.8 Å². The van der Waals surface area contributed by atoms with Crippen LogP contribution in [-0.4, -0.2) is 6.61 Å². The average molecular weight is 453 g/mol. The first-order valence-electron chi connectivity index (χ1n) is 14.7. The third-order valence-corrected chi connectivity index (χ3v) is 8.49. The lowest BCUT2D eigenvalue weighted by Gasteiger charge is -2.35. The Kier molecular flexibility index (Phi) is 12.5. The van der Waals surface area contributed by atoms with Gasteiger partial charge in [-0.25, -0.2) is 0 Å². The normalized spacial score (nSPS) is 23.3. The van der Waals surface area contributed by atoms with Crippen LogP contribution in [0.1, 0.15) is 129 Å². The molecule has 1 heteroatoms. The number of unbranched alkanes of at least 4 members (excludes halogenated alkanes) is 6. The van der Waals surface area contributed by atoms with Crippen molar-refractivity contribution >= 4 is 0 Å². The zero-order valence-corrected chi connectivity index (χ0v) is 22.0. The molecule has 3 rings (SSSR count). The van der Waals surface area contributed by atoms with Gasteiger partial charge in [-0.3, -0.25) is 0 Å². The van der Waals surface area contributed by atoms with E-state index in [1.165, 1.54) is 121 Å². The first-order valence-corrected chi connectivity index (χ1v) is 14.7. The summed E-state index contributed by atoms with van der Waals surface area (Å²) in [6, 6.07) is 8.88. The van der Waals surface area contributed by atoms with Crippen molar-refractivity contribution in [3.8, 4) is 5.75 Å². The minimum atomic E-state index is 0.855. The number of aryl methyl sites for hydroxylation is 1. The third-order valence-electron chi connectivity index (χ3n) is 8.49. The van der Waals surface area contributed by atoms with Gasteiger partial charge < -0.3 is 4.74 Å². The molecular weight excluding hydrogens is 400 g/mol. The summed E-state index contributed by atoms with van der Waals surface area (Å²) in [6.45, 7) is 5.43. The van der Waals surface area contributed by atoms with E-state index in [0.29, 0.717) is 0 Å². The lowest BCUT2D eigenvalue weighted by molar-refractivity contribution is 0.185. The van der Waals surface area contributed by atoms with Gasteiger partial charge in [-0.15, -0.1) is 0 Å². The number of allylic oxidation sites excluding steroid dienone is 2. The van der Waals surface area contributed by atoms with Gasteiger partial charge in [0.25, 0.3) is 0 Å². The third kappa shape index (κ3) is 9.87. The number of hydrogen-bond donors (Lipinski definition) is 0. The number of benzene rings is 1. The molecule has 1 aromatic carbocycles. The predicted molar refractivity (Wildman–Crippen MR) is 144 cm³/mol. The topological polar surface area (TPSA) is 9.23 Å². The lowest BCUT2D eigenvalue weighted by Crippen LogP contribution is -2.23. The van der Waals surface area contributed by atoms with Gasteiger partial charge in [-0.2, -0.15) is 0 Å². The molecule has 0 bridgehead atoms. The Morgan fingerprint density at radius 2 is 1.45 bits per heavy atom. The molecule has 1 atom stereocenters. The van der Waals surface area contributed by atoms with Gasteiger partial charge in [0.2, 0.25) is 0 Å². The van der Waals surface area contributed by atoms with Crippen LogP contribution in [0.15, 0.2) is 35.9 Å². The first kappa shape index (κ1) is 26.4. The predicted octanol–water partition coefficient (Wildman–Crippen LogP) is 10.1. The summed E-state index contributed by atoms with van der Waals surface area (Å²) in [5, 5.41) is 0. The Balaban J connectivity index is 1.30. The van der Waals surface area contributed by atoms with Crippen molar-refractivity contribution in [3.63, 3.8) is 0 Å². The van der Waals surface area contributed by atoms with E-state index in [2.05, 4.69) is 44.2 Å². The van der Waals surface area contributed by atoms with E-state index in [-0.39, 0.29) is 0 Å². The van der Waals surface area contributed by atoms with Crippen molar-refractivity contribution in [1.82, 2.24) is 0 Å². The Morgan fingerprint density at radius 1 is 0.727 bits per heavy atom. The molecule has 0 N–H and O–H groups in total. The van der Waals surface area contributed by atoms with Crippen molar-refractivity contribution < 1.29 is 4.74 Å². The highest BCUT2D eigenvalue weighted by Gasteiger charge is 2.28. The van der Waals surface area contributed by atoms with Crippen molar-refractivity contribution in [2.75, 3.05) is 6.61 Å². The van der Waals surface area contributed by atoms with Gasteiger partial charge >= 0.3 is 0 Å². The summed E-state index contributed by atoms with van der Waals surface area (Å²) in [6.07, 6.45) is 27.6. The van der Waals surface area contributed by atoms with Crippen LogP contribution in [0.25, 0.3) is 0 Å². The van der Waals surface area contributed by atoms with Gasteiger partial charge in [0.05, 0.1) is 6.61 Å². The SMILES string of the molecule is CCCCCCOc1ccc(CCC2=CCC(C3CCC(CCCCCC)CC3)CC2)cc1. The van der Waals surface area contributed by atoms with Crippen LogP contribution >= 0.6 is 0 Å². The van der Waals surface area contributed by atoms with Crippen LogP contribution in [-0.2, 0) is 6.42 Å². The van der Waals surface area contributed by atoms with E-state index in [9.17, 15) is 0 Å². The van der Waals surface area contributed by atoms with Crippen LogP contribution in [0.4, 0.5) is 0 Å². The second-order valence-corrected chi connectivity index (χ2v) is 11.1. The maximum absolute atomic E-state index is 5.90. The molecule has 0 aromatic heterocycles. The molecule has 2 aliphatic rings. The van der Waals surface area contributed by atoms with Crippen molar-refractivity contribution in [2.45, 2.75) is 129 Å². The highest BCUT2D eigenvalue weighted by atomic mass is 16.5. The molecule has 0 heterocycles. The van der Waals surface area contributed by atoms with Crippen molar-refractivity contribution in [3.05, 3.63) is 41.5 Å². The van der Waals surface area contributed by atoms with Crippen molar-refractivity contribution in [1.29, 1.82) is 0 Å². The van der Waals surface area contributed by atoms with E-state index in [1.807, 2.05) is 0 Å². The van der Waals surface area contributed by atoms with E-state index in [4.69, 9.17) is 4.74 Å². The van der Waals surface area contributed by atoms with Gasteiger partial charge in [-0.1, -0.05) is 102 Å². The summed E-state index contributed by atoms with van der Waals surface area (Å²) in [4.78, 5) is 0. The van der Waals surface area contributed by atoms with Crippen LogP contribution in [0.5, 0.6) is 5.75 Å². The summed E-state index contributed by atoms with van der Waals surface area (Å²) in [5.74, 6) is 4.07. The van der Waals surface area contributed by atoms with E-state index < -0.39 is 0 Å². The molecule has 0 radical (unpaired) electrons. The molecule has 1 fully saturated rings. The molecule has 0 aliphatic heterocycles. The number of ether oxygens (including phenoxy) is 1. The fourth-order valence-corrected chi connectivity index (χ4v) is 6.15. The molecule has 1 saturated carbocycles. The first-order chi connectivity index (χ1) is 16.3. The van der Waals surface area contributed by atoms with Gasteiger partial charge in [0, 0.05) is 0 Å². The molecule has 1 unspecified atom stereocenters. The van der Waals surface area contributed by atoms with E-state index in [0.717, 1.165) is 30.1 Å². The number of rotatable bonds is 15. The van der Waals surface area contributed by atoms with E-state index >= 15 is 0 Å². The zero-order valence-electron chi connectivity index (χ0n) is 22.0. The molecule has 2 aliphatic carbocycles. The summed E-state index contributed by atoms with van der Waals surface area (Å²) < 4.78 is 5.90. The van der Waals surface area contributed by atoms with Gasteiger partial charge in [-0.05, 0) is 86.8 Å². The summed E-state index contributed by atoms with van der Waals surface area (Å²) >= 11 is 0. The van der Waals surface area contributed by atoms with Crippen LogP contribution in [0, 0.1) is 17.8 Å².